The van der Waals surface area contributed by atoms with Gasteiger partial charge in [-0.25, -0.2) is 9.78 Å². The van der Waals surface area contributed by atoms with E-state index >= 15 is 0 Å². The van der Waals surface area contributed by atoms with Gasteiger partial charge in [-0.05, 0) is 68.5 Å². The Balaban J connectivity index is 1.09. The van der Waals surface area contributed by atoms with Gasteiger partial charge in [0.2, 0.25) is 5.60 Å². The normalized spacial score (nSPS) is 17.3. The molecule has 3 aliphatic rings. The van der Waals surface area contributed by atoms with Gasteiger partial charge < -0.3 is 34.1 Å². The highest BCUT2D eigenvalue weighted by molar-refractivity contribution is 5.90. The number of hydrogen-bond donors (Lipinski definition) is 2. The number of nitrogens with zero attached hydrogens (tertiary/aromatic N) is 4. The molecular weight excluding hydrogens is 672 g/mol. The number of carbonyl (C=O) groups excluding carboxylic acids is 2. The minimum absolute atomic E-state index is 0.00699. The molecule has 0 aliphatic carbocycles. The Bertz CT molecular complexity index is 2460. The van der Waals surface area contributed by atoms with E-state index in [-0.39, 0.29) is 54.8 Å². The van der Waals surface area contributed by atoms with Crippen LogP contribution in [0.25, 0.3) is 22.3 Å². The standard InChI is InChI=1S/C42H38N4O7/c1-4-42(53-38(49)18-17-37(48)45-21-27-11-6-5-9-25(27)13-14-26-10-7-8-12-34(26)45)32-20-35-39-28(22-46(35)40(50)31(32)24-52-41(42)51)19-29-30(23-44(2)3)36(47)16-15-33(29)43-39/h5-12,15-16,19-20,37,47-48H,4,17-18,21-24H2,1-3H3/t37?,42-/m0/s1. The van der Waals surface area contributed by atoms with Crippen LogP contribution >= 0.6 is 0 Å². The molecule has 5 aromatic rings. The Morgan fingerprint density at radius 1 is 1.02 bits per heavy atom. The van der Waals surface area contributed by atoms with Crippen LogP contribution in [0.1, 0.15) is 65.1 Å². The van der Waals surface area contributed by atoms with Crippen molar-refractivity contribution in [2.45, 2.75) is 64.3 Å². The summed E-state index contributed by atoms with van der Waals surface area (Å²) in [5, 5.41) is 23.0. The molecular formula is C42H38N4O7. The number of phenolic OH excluding ortho intramolecular Hbond substituents is 1. The van der Waals surface area contributed by atoms with Gasteiger partial charge in [-0.1, -0.05) is 49.1 Å². The summed E-state index contributed by atoms with van der Waals surface area (Å²) in [6.07, 6.45) is -1.26. The minimum Gasteiger partial charge on any atom is -0.508 e. The molecule has 0 radical (unpaired) electrons. The number of aliphatic hydroxyl groups is 1. The first-order chi connectivity index (χ1) is 25.6. The first-order valence-corrected chi connectivity index (χ1v) is 17.7. The third-order valence-corrected chi connectivity index (χ3v) is 10.4. The number of carbonyl (C=O) groups is 2. The van der Waals surface area contributed by atoms with Crippen LogP contribution in [0, 0.1) is 11.8 Å². The Morgan fingerprint density at radius 3 is 2.57 bits per heavy atom. The van der Waals surface area contributed by atoms with E-state index in [4.69, 9.17) is 14.5 Å². The number of hydrogen-bond acceptors (Lipinski definition) is 10. The number of ether oxygens (including phenoxy) is 2. The molecule has 2 aromatic heterocycles. The molecule has 1 unspecified atom stereocenters. The number of anilines is 1. The van der Waals surface area contributed by atoms with Gasteiger partial charge in [0, 0.05) is 59.1 Å². The Kier molecular flexibility index (Phi) is 8.52. The second kappa shape index (κ2) is 13.2. The molecule has 11 nitrogen and oxygen atoms in total. The van der Waals surface area contributed by atoms with E-state index in [1.165, 1.54) is 0 Å². The fourth-order valence-corrected chi connectivity index (χ4v) is 7.67. The second-order valence-corrected chi connectivity index (χ2v) is 14.0. The van der Waals surface area contributed by atoms with Crippen LogP contribution in [0.2, 0.25) is 0 Å². The van der Waals surface area contributed by atoms with Crippen LogP contribution in [-0.4, -0.2) is 56.9 Å². The van der Waals surface area contributed by atoms with Crippen molar-refractivity contribution in [2.75, 3.05) is 19.0 Å². The number of esters is 2. The molecule has 0 fully saturated rings. The molecule has 3 aromatic carbocycles. The average molecular weight is 711 g/mol. The first kappa shape index (κ1) is 34.1. The van der Waals surface area contributed by atoms with Gasteiger partial charge in [-0.3, -0.25) is 9.59 Å². The van der Waals surface area contributed by atoms with Crippen molar-refractivity contribution in [1.29, 1.82) is 0 Å². The Morgan fingerprint density at radius 2 is 1.77 bits per heavy atom. The number of aromatic nitrogens is 2. The van der Waals surface area contributed by atoms with E-state index < -0.39 is 23.8 Å². The number of aromatic hydroxyl groups is 1. The van der Waals surface area contributed by atoms with Crippen molar-refractivity contribution in [2.24, 2.45) is 0 Å². The highest BCUT2D eigenvalue weighted by atomic mass is 16.6. The predicted molar refractivity (Wildman–Crippen MR) is 198 cm³/mol. The van der Waals surface area contributed by atoms with Crippen molar-refractivity contribution in [1.82, 2.24) is 14.5 Å². The zero-order valence-electron chi connectivity index (χ0n) is 29.7. The van der Waals surface area contributed by atoms with E-state index in [0.29, 0.717) is 30.0 Å². The van der Waals surface area contributed by atoms with Crippen LogP contribution in [-0.2, 0) is 50.9 Å². The van der Waals surface area contributed by atoms with Gasteiger partial charge in [-0.15, -0.1) is 0 Å². The fraction of sp³-hybridized carbons (Fsp3) is 0.286. The van der Waals surface area contributed by atoms with Crippen molar-refractivity contribution in [3.8, 4) is 29.0 Å². The smallest absolute Gasteiger partial charge is 0.355 e. The number of pyridine rings is 2. The zero-order valence-corrected chi connectivity index (χ0v) is 29.7. The maximum absolute atomic E-state index is 14.1. The van der Waals surface area contributed by atoms with E-state index in [0.717, 1.165) is 38.9 Å². The van der Waals surface area contributed by atoms with E-state index in [1.54, 1.807) is 29.7 Å². The van der Waals surface area contributed by atoms with Crippen molar-refractivity contribution in [3.05, 3.63) is 122 Å². The zero-order chi connectivity index (χ0) is 37.0. The molecule has 3 aliphatic heterocycles. The van der Waals surface area contributed by atoms with Gasteiger partial charge in [-0.2, -0.15) is 0 Å². The lowest BCUT2D eigenvalue weighted by Gasteiger charge is -2.36. The average Bonchev–Trinajstić information content (AvgIpc) is 3.51. The summed E-state index contributed by atoms with van der Waals surface area (Å²) in [5.74, 6) is 5.14. The number of fused-ring (bicyclic) bond motifs is 7. The number of cyclic esters (lactones) is 1. The topological polar surface area (TPSA) is 134 Å². The van der Waals surface area contributed by atoms with Crippen LogP contribution < -0.4 is 10.5 Å². The third-order valence-electron chi connectivity index (χ3n) is 10.4. The van der Waals surface area contributed by atoms with E-state index in [9.17, 15) is 24.6 Å². The summed E-state index contributed by atoms with van der Waals surface area (Å²) >= 11 is 0. The monoisotopic (exact) mass is 710 g/mol. The van der Waals surface area contributed by atoms with Crippen molar-refractivity contribution >= 4 is 28.5 Å². The maximum Gasteiger partial charge on any atom is 0.355 e. The van der Waals surface area contributed by atoms with Gasteiger partial charge in [0.05, 0.1) is 34.7 Å². The quantitative estimate of drug-likeness (QED) is 0.166. The van der Waals surface area contributed by atoms with E-state index in [1.807, 2.05) is 78.5 Å². The summed E-state index contributed by atoms with van der Waals surface area (Å²) in [6, 6.07) is 22.3. The first-order valence-electron chi connectivity index (χ1n) is 17.7. The predicted octanol–water partition coefficient (Wildman–Crippen LogP) is 4.92. The van der Waals surface area contributed by atoms with Crippen LogP contribution in [0.5, 0.6) is 5.75 Å². The van der Waals surface area contributed by atoms with Gasteiger partial charge in [0.1, 0.15) is 18.6 Å². The van der Waals surface area contributed by atoms with Gasteiger partial charge >= 0.3 is 11.9 Å². The summed E-state index contributed by atoms with van der Waals surface area (Å²) in [6.45, 7) is 2.57. The van der Waals surface area contributed by atoms with Crippen LogP contribution in [0.4, 0.5) is 5.69 Å². The molecule has 0 spiro atoms. The summed E-state index contributed by atoms with van der Waals surface area (Å²) in [5.41, 5.74) is 4.87. The van der Waals surface area contributed by atoms with Gasteiger partial charge in [0.25, 0.3) is 5.56 Å². The summed E-state index contributed by atoms with van der Waals surface area (Å²) < 4.78 is 13.2. The molecule has 2 atom stereocenters. The highest BCUT2D eigenvalue weighted by Gasteiger charge is 2.50. The SMILES string of the molecule is CC[C@@]1(OC(=O)CCC(O)N2Cc3ccccc3C#Cc3ccccc32)C(=O)OCc2c1cc1n(c2=O)Cc2cc3c(CN(C)C)c(O)ccc3nc2-1. The third kappa shape index (κ3) is 5.80. The molecule has 5 heterocycles. The molecule has 268 valence electrons. The second-order valence-electron chi connectivity index (χ2n) is 14.0. The van der Waals surface area contributed by atoms with Crippen LogP contribution in [0.3, 0.4) is 0 Å². The molecule has 0 saturated carbocycles. The summed E-state index contributed by atoms with van der Waals surface area (Å²) in [7, 11) is 3.84. The molecule has 2 N–H and O–H groups in total. The largest absolute Gasteiger partial charge is 0.508 e. The Hall–Kier alpha value is -5.96. The number of rotatable bonds is 8. The fourth-order valence-electron chi connectivity index (χ4n) is 7.67. The molecule has 53 heavy (non-hydrogen) atoms. The minimum atomic E-state index is -1.86. The molecule has 0 amide bonds. The number of benzene rings is 3. The molecule has 0 saturated heterocycles. The number of para-hydroxylation sites is 1. The lowest BCUT2D eigenvalue weighted by molar-refractivity contribution is -0.189. The van der Waals surface area contributed by atoms with Crippen molar-refractivity contribution < 1.29 is 29.3 Å². The molecule has 8 rings (SSSR count). The number of aliphatic hydroxyl groups excluding tert-OH is 1. The lowest BCUT2D eigenvalue weighted by Crippen LogP contribution is -2.47. The Labute approximate surface area is 306 Å². The highest BCUT2D eigenvalue weighted by Crippen LogP contribution is 2.42. The molecule has 0 bridgehead atoms. The van der Waals surface area contributed by atoms with Crippen molar-refractivity contribution in [3.63, 3.8) is 0 Å². The van der Waals surface area contributed by atoms with Crippen LogP contribution in [0.15, 0.2) is 77.6 Å². The number of phenols is 1. The maximum atomic E-state index is 14.1. The lowest BCUT2D eigenvalue weighted by atomic mass is 9.85. The summed E-state index contributed by atoms with van der Waals surface area (Å²) in [4.78, 5) is 50.1. The van der Waals surface area contributed by atoms with Gasteiger partial charge in [0.15, 0.2) is 0 Å². The molecule has 11 heteroatoms. The van der Waals surface area contributed by atoms with E-state index in [2.05, 4.69) is 11.8 Å².